The Morgan fingerprint density at radius 1 is 0.967 bits per heavy atom. The predicted molar refractivity (Wildman–Crippen MR) is 134 cm³/mol. The van der Waals surface area contributed by atoms with E-state index < -0.39 is 0 Å². The van der Waals surface area contributed by atoms with E-state index in [9.17, 15) is 4.39 Å². The van der Waals surface area contributed by atoms with Gasteiger partial charge in [0.2, 0.25) is 0 Å². The zero-order valence-corrected chi connectivity index (χ0v) is 20.2. The lowest BCUT2D eigenvalue weighted by Gasteiger charge is -2.17. The van der Waals surface area contributed by atoms with E-state index >= 15 is 0 Å². The Bertz CT molecular complexity index is 755. The zero-order valence-electron chi connectivity index (χ0n) is 20.2. The lowest BCUT2D eigenvalue weighted by atomic mass is 9.89. The first-order chi connectivity index (χ1) is 14.5. The van der Waals surface area contributed by atoms with Crippen LogP contribution in [0.4, 0.5) is 4.39 Å². The summed E-state index contributed by atoms with van der Waals surface area (Å²) in [5.41, 5.74) is 7.29. The van der Waals surface area contributed by atoms with Gasteiger partial charge in [-0.2, -0.15) is 0 Å². The van der Waals surface area contributed by atoms with Crippen LogP contribution in [-0.2, 0) is 0 Å². The maximum atomic E-state index is 9.50. The van der Waals surface area contributed by atoms with Crippen molar-refractivity contribution < 1.29 is 4.39 Å². The number of rotatable bonds is 9. The molecule has 2 heteroatoms. The van der Waals surface area contributed by atoms with Crippen molar-refractivity contribution in [1.82, 2.24) is 5.32 Å². The Hall–Kier alpha value is -2.35. The van der Waals surface area contributed by atoms with Gasteiger partial charge in [-0.25, -0.2) is 0 Å². The fourth-order valence-electron chi connectivity index (χ4n) is 3.41. The molecular formula is C28H42FN. The van der Waals surface area contributed by atoms with Gasteiger partial charge in [-0.1, -0.05) is 95.1 Å². The molecule has 0 unspecified atom stereocenters. The first kappa shape index (κ1) is 27.7. The summed E-state index contributed by atoms with van der Waals surface area (Å²) >= 11 is 0. The van der Waals surface area contributed by atoms with Crippen molar-refractivity contribution in [2.75, 3.05) is 7.18 Å². The molecule has 0 aromatic heterocycles. The molecule has 0 aliphatic heterocycles. The number of halogens is 1. The van der Waals surface area contributed by atoms with Crippen LogP contribution >= 0.6 is 0 Å². The third-order valence-corrected chi connectivity index (χ3v) is 4.92. The molecule has 1 N–H and O–H groups in total. The van der Waals surface area contributed by atoms with E-state index in [0.717, 1.165) is 5.70 Å². The van der Waals surface area contributed by atoms with Gasteiger partial charge in [0.05, 0.1) is 7.18 Å². The Labute approximate surface area is 185 Å². The number of benzene rings is 2. The highest BCUT2D eigenvalue weighted by Gasteiger charge is 2.10. The molecule has 0 amide bonds. The molecule has 0 bridgehead atoms. The SMILES string of the molecule is C=C(N/C=C(\C)c1cccc(C)c1)c1cccc(C(CCC)CCC)c1.CC.CF. The van der Waals surface area contributed by atoms with Crippen molar-refractivity contribution in [2.45, 2.75) is 73.1 Å². The van der Waals surface area contributed by atoms with Crippen LogP contribution in [0.3, 0.4) is 0 Å². The molecule has 30 heavy (non-hydrogen) atoms. The summed E-state index contributed by atoms with van der Waals surface area (Å²) in [5.74, 6) is 0.655. The average molecular weight is 412 g/mol. The van der Waals surface area contributed by atoms with Gasteiger partial charge in [0.15, 0.2) is 0 Å². The molecule has 0 radical (unpaired) electrons. The average Bonchev–Trinajstić information content (AvgIpc) is 2.80. The van der Waals surface area contributed by atoms with Gasteiger partial charge in [-0.3, -0.25) is 4.39 Å². The number of hydrogen-bond acceptors (Lipinski definition) is 1. The van der Waals surface area contributed by atoms with Gasteiger partial charge in [0, 0.05) is 11.9 Å². The van der Waals surface area contributed by atoms with Crippen molar-refractivity contribution in [1.29, 1.82) is 0 Å². The molecule has 0 saturated heterocycles. The van der Waals surface area contributed by atoms with Crippen molar-refractivity contribution in [2.24, 2.45) is 0 Å². The smallest absolute Gasteiger partial charge is 0.0785 e. The van der Waals surface area contributed by atoms with Gasteiger partial charge < -0.3 is 5.32 Å². The summed E-state index contributed by atoms with van der Waals surface area (Å²) < 4.78 is 9.50. The molecular weight excluding hydrogens is 369 g/mol. The summed E-state index contributed by atoms with van der Waals surface area (Å²) in [4.78, 5) is 0. The molecule has 0 atom stereocenters. The number of alkyl halides is 1. The number of nitrogens with one attached hydrogen (secondary N) is 1. The molecule has 2 aromatic rings. The van der Waals surface area contributed by atoms with E-state index in [1.807, 2.05) is 13.8 Å². The van der Waals surface area contributed by atoms with Crippen LogP contribution in [0.15, 0.2) is 61.3 Å². The van der Waals surface area contributed by atoms with Crippen molar-refractivity contribution in [3.05, 3.63) is 83.6 Å². The van der Waals surface area contributed by atoms with E-state index in [2.05, 4.69) is 94.3 Å². The molecule has 166 valence electrons. The monoisotopic (exact) mass is 411 g/mol. The van der Waals surface area contributed by atoms with E-state index in [-0.39, 0.29) is 0 Å². The number of aryl methyl sites for hydroxylation is 1. The largest absolute Gasteiger partial charge is 0.361 e. The van der Waals surface area contributed by atoms with Crippen LogP contribution in [0, 0.1) is 6.92 Å². The first-order valence-electron chi connectivity index (χ1n) is 11.2. The summed E-state index contributed by atoms with van der Waals surface area (Å²) in [6, 6.07) is 17.4. The Morgan fingerprint density at radius 2 is 1.53 bits per heavy atom. The topological polar surface area (TPSA) is 12.0 Å². The molecule has 2 rings (SSSR count). The molecule has 0 fully saturated rings. The van der Waals surface area contributed by atoms with E-state index in [1.54, 1.807) is 0 Å². The third-order valence-electron chi connectivity index (χ3n) is 4.92. The van der Waals surface area contributed by atoms with Crippen molar-refractivity contribution >= 4 is 11.3 Å². The fourth-order valence-corrected chi connectivity index (χ4v) is 3.41. The van der Waals surface area contributed by atoms with E-state index in [1.165, 1.54) is 53.5 Å². The minimum Gasteiger partial charge on any atom is -0.361 e. The summed E-state index contributed by atoms with van der Waals surface area (Å²) in [5, 5.41) is 3.39. The minimum absolute atomic E-state index is 0.500. The number of hydrogen-bond donors (Lipinski definition) is 1. The van der Waals surface area contributed by atoms with Crippen LogP contribution in [0.5, 0.6) is 0 Å². The standard InChI is InChI=1S/C25H33N.C2H6.CH3F/c1-6-10-22(11-7-2)25-15-9-14-24(17-25)21(5)26-18-20(4)23-13-8-12-19(3)16-23;2*1-2/h8-9,12-18,22,26H,5-7,10-11H2,1-4H3;1-2H3;1H3/b20-18+;;. The second-order valence-corrected chi connectivity index (χ2v) is 7.22. The fraction of sp³-hybridized carbons (Fsp3) is 0.429. The normalized spacial score (nSPS) is 10.5. The van der Waals surface area contributed by atoms with Crippen LogP contribution in [0.25, 0.3) is 11.3 Å². The highest BCUT2D eigenvalue weighted by molar-refractivity contribution is 5.68. The van der Waals surface area contributed by atoms with Crippen LogP contribution < -0.4 is 5.32 Å². The van der Waals surface area contributed by atoms with Gasteiger partial charge in [0.1, 0.15) is 0 Å². The second-order valence-electron chi connectivity index (χ2n) is 7.22. The van der Waals surface area contributed by atoms with Crippen molar-refractivity contribution in [3.63, 3.8) is 0 Å². The van der Waals surface area contributed by atoms with E-state index in [0.29, 0.717) is 13.1 Å². The van der Waals surface area contributed by atoms with Gasteiger partial charge >= 0.3 is 0 Å². The Kier molecular flexibility index (Phi) is 15.2. The number of allylic oxidation sites excluding steroid dienone is 1. The summed E-state index contributed by atoms with van der Waals surface area (Å²) in [7, 11) is 0.500. The molecule has 0 spiro atoms. The van der Waals surface area contributed by atoms with Crippen LogP contribution in [0.1, 0.15) is 88.5 Å². The van der Waals surface area contributed by atoms with Crippen molar-refractivity contribution in [3.8, 4) is 0 Å². The summed E-state index contributed by atoms with van der Waals surface area (Å²) in [6.07, 6.45) is 7.02. The lowest BCUT2D eigenvalue weighted by molar-refractivity contribution is 0.561. The molecule has 0 saturated carbocycles. The minimum atomic E-state index is 0.500. The zero-order chi connectivity index (χ0) is 22.9. The first-order valence-corrected chi connectivity index (χ1v) is 11.2. The highest BCUT2D eigenvalue weighted by atomic mass is 19.1. The quantitative estimate of drug-likeness (QED) is 0.434. The predicted octanol–water partition coefficient (Wildman–Crippen LogP) is 8.91. The van der Waals surface area contributed by atoms with Crippen LogP contribution in [0.2, 0.25) is 0 Å². The summed E-state index contributed by atoms with van der Waals surface area (Å²) in [6.45, 7) is 17.0. The van der Waals surface area contributed by atoms with E-state index in [4.69, 9.17) is 0 Å². The maximum absolute atomic E-state index is 9.50. The van der Waals surface area contributed by atoms with Gasteiger partial charge in [-0.05, 0) is 60.9 Å². The van der Waals surface area contributed by atoms with Crippen LogP contribution in [-0.4, -0.2) is 7.18 Å². The molecule has 0 aliphatic rings. The second kappa shape index (κ2) is 16.4. The van der Waals surface area contributed by atoms with Gasteiger partial charge in [0.25, 0.3) is 0 Å². The molecule has 1 nitrogen and oxygen atoms in total. The highest BCUT2D eigenvalue weighted by Crippen LogP contribution is 2.28. The molecule has 2 aromatic carbocycles. The lowest BCUT2D eigenvalue weighted by Crippen LogP contribution is -2.05. The third kappa shape index (κ3) is 9.43. The Balaban J connectivity index is 0.00000198. The maximum Gasteiger partial charge on any atom is 0.0785 e. The van der Waals surface area contributed by atoms with Gasteiger partial charge in [-0.15, -0.1) is 0 Å². The Morgan fingerprint density at radius 3 is 2.10 bits per heavy atom. The molecule has 0 aliphatic carbocycles. The molecule has 0 heterocycles.